The van der Waals surface area contributed by atoms with Gasteiger partial charge < -0.3 is 20.0 Å². The molecule has 1 aromatic heterocycles. The maximum Gasteiger partial charge on any atom is 0.371 e. The Balaban J connectivity index is 2.71. The molecule has 1 aromatic carbocycles. The molecule has 0 bridgehead atoms. The van der Waals surface area contributed by atoms with Crippen LogP contribution in [-0.4, -0.2) is 18.2 Å². The van der Waals surface area contributed by atoms with Gasteiger partial charge in [-0.25, -0.2) is 4.79 Å². The molecule has 0 aliphatic rings. The van der Waals surface area contributed by atoms with Crippen LogP contribution in [-0.2, 0) is 0 Å². The Morgan fingerprint density at radius 2 is 2.27 bits per heavy atom. The molecule has 0 atom stereocenters. The second-order valence-electron chi connectivity index (χ2n) is 3.02. The predicted octanol–water partition coefficient (Wildman–Crippen LogP) is 1.72. The summed E-state index contributed by atoms with van der Waals surface area (Å²) in [5.74, 6) is -0.789. The molecule has 0 saturated heterocycles. The van der Waals surface area contributed by atoms with E-state index in [2.05, 4.69) is 0 Å². The van der Waals surface area contributed by atoms with Crippen LogP contribution in [0.5, 0.6) is 5.75 Å². The zero-order chi connectivity index (χ0) is 11.0. The van der Waals surface area contributed by atoms with Crippen LogP contribution in [0.2, 0.25) is 0 Å². The van der Waals surface area contributed by atoms with E-state index in [-0.39, 0.29) is 5.76 Å². The van der Waals surface area contributed by atoms with E-state index in [1.807, 2.05) is 0 Å². The number of nitrogen functional groups attached to an aromatic ring is 1. The molecule has 0 aliphatic heterocycles. The number of ether oxygens (including phenoxy) is 1. The second kappa shape index (κ2) is 3.20. The van der Waals surface area contributed by atoms with Crippen LogP contribution in [0.15, 0.2) is 22.6 Å². The molecule has 0 fully saturated rings. The molecule has 15 heavy (non-hydrogen) atoms. The Morgan fingerprint density at radius 1 is 1.53 bits per heavy atom. The van der Waals surface area contributed by atoms with Crippen LogP contribution in [0.1, 0.15) is 10.6 Å². The van der Waals surface area contributed by atoms with Crippen LogP contribution in [0, 0.1) is 0 Å². The first kappa shape index (κ1) is 9.39. The van der Waals surface area contributed by atoms with E-state index in [1.54, 1.807) is 12.1 Å². The number of anilines is 1. The van der Waals surface area contributed by atoms with Gasteiger partial charge in [0.15, 0.2) is 5.58 Å². The molecular formula is C10H9NO4. The van der Waals surface area contributed by atoms with Crippen molar-refractivity contribution < 1.29 is 19.1 Å². The van der Waals surface area contributed by atoms with Crippen molar-refractivity contribution in [3.63, 3.8) is 0 Å². The van der Waals surface area contributed by atoms with Crippen LogP contribution in [0.4, 0.5) is 5.69 Å². The summed E-state index contributed by atoms with van der Waals surface area (Å²) >= 11 is 0. The van der Waals surface area contributed by atoms with Crippen LogP contribution in [0.25, 0.3) is 11.0 Å². The van der Waals surface area contributed by atoms with Crippen LogP contribution < -0.4 is 10.5 Å². The molecule has 0 saturated carbocycles. The molecule has 78 valence electrons. The molecule has 3 N–H and O–H groups in total. The van der Waals surface area contributed by atoms with Gasteiger partial charge in [0.2, 0.25) is 5.76 Å². The highest BCUT2D eigenvalue weighted by Crippen LogP contribution is 2.32. The molecule has 5 nitrogen and oxygen atoms in total. The average Bonchev–Trinajstić information content (AvgIpc) is 2.63. The summed E-state index contributed by atoms with van der Waals surface area (Å²) in [5, 5.41) is 9.38. The third-order valence-electron chi connectivity index (χ3n) is 2.12. The van der Waals surface area contributed by atoms with E-state index in [1.165, 1.54) is 13.2 Å². The van der Waals surface area contributed by atoms with Gasteiger partial charge in [-0.1, -0.05) is 0 Å². The number of hydrogen-bond donors (Lipinski definition) is 2. The lowest BCUT2D eigenvalue weighted by Gasteiger charge is -2.02. The number of furan rings is 1. The van der Waals surface area contributed by atoms with Crippen LogP contribution >= 0.6 is 0 Å². The zero-order valence-electron chi connectivity index (χ0n) is 7.98. The summed E-state index contributed by atoms with van der Waals surface area (Å²) in [6.45, 7) is 0. The largest absolute Gasteiger partial charge is 0.494 e. The molecule has 5 heteroatoms. The Morgan fingerprint density at radius 3 is 2.87 bits per heavy atom. The number of hydrogen-bond acceptors (Lipinski definition) is 4. The number of rotatable bonds is 2. The summed E-state index contributed by atoms with van der Waals surface area (Å²) in [6, 6.07) is 4.78. The highest BCUT2D eigenvalue weighted by molar-refractivity contribution is 5.97. The van der Waals surface area contributed by atoms with Crippen molar-refractivity contribution in [3.05, 3.63) is 24.0 Å². The van der Waals surface area contributed by atoms with Gasteiger partial charge in [-0.2, -0.15) is 0 Å². The quantitative estimate of drug-likeness (QED) is 0.732. The molecule has 2 rings (SSSR count). The summed E-state index contributed by atoms with van der Waals surface area (Å²) in [6.07, 6.45) is 0. The number of carbonyl (C=O) groups is 1. The lowest BCUT2D eigenvalue weighted by atomic mass is 10.2. The number of nitrogens with two attached hydrogens (primary N) is 1. The van der Waals surface area contributed by atoms with E-state index in [0.29, 0.717) is 22.4 Å². The van der Waals surface area contributed by atoms with Gasteiger partial charge in [0.25, 0.3) is 0 Å². The predicted molar refractivity (Wildman–Crippen MR) is 54.1 cm³/mol. The monoisotopic (exact) mass is 207 g/mol. The molecule has 0 aliphatic carbocycles. The highest BCUT2D eigenvalue weighted by atomic mass is 16.5. The van der Waals surface area contributed by atoms with Crippen molar-refractivity contribution in [3.8, 4) is 5.75 Å². The Hall–Kier alpha value is -2.17. The standard InChI is InChI=1S/C10H9NO4/c1-14-6-3-2-5-4-7(10(12)13)15-9(5)8(6)11/h2-4H,11H2,1H3,(H,12,13). The Bertz CT molecular complexity index is 529. The molecular weight excluding hydrogens is 198 g/mol. The van der Waals surface area contributed by atoms with Gasteiger partial charge in [-0.15, -0.1) is 0 Å². The van der Waals surface area contributed by atoms with Gasteiger partial charge in [0.1, 0.15) is 11.4 Å². The zero-order valence-corrected chi connectivity index (χ0v) is 7.98. The van der Waals surface area contributed by atoms with E-state index >= 15 is 0 Å². The molecule has 1 heterocycles. The number of benzene rings is 1. The smallest absolute Gasteiger partial charge is 0.371 e. The second-order valence-corrected chi connectivity index (χ2v) is 3.02. The summed E-state index contributed by atoms with van der Waals surface area (Å²) < 4.78 is 10.1. The van der Waals surface area contributed by atoms with Crippen molar-refractivity contribution in [1.29, 1.82) is 0 Å². The maximum absolute atomic E-state index is 10.7. The Kier molecular flexibility index (Phi) is 2.00. The first-order valence-corrected chi connectivity index (χ1v) is 4.23. The summed E-state index contributed by atoms with van der Waals surface area (Å²) in [7, 11) is 1.48. The fraction of sp³-hybridized carbons (Fsp3) is 0.100. The van der Waals surface area contributed by atoms with Gasteiger partial charge in [0, 0.05) is 5.39 Å². The number of aromatic carboxylic acids is 1. The van der Waals surface area contributed by atoms with Crippen molar-refractivity contribution in [1.82, 2.24) is 0 Å². The average molecular weight is 207 g/mol. The number of methoxy groups -OCH3 is 1. The highest BCUT2D eigenvalue weighted by Gasteiger charge is 2.14. The minimum Gasteiger partial charge on any atom is -0.494 e. The topological polar surface area (TPSA) is 85.7 Å². The van der Waals surface area contributed by atoms with Crippen LogP contribution in [0.3, 0.4) is 0 Å². The molecule has 0 radical (unpaired) electrons. The Labute approximate surface area is 85.0 Å². The fourth-order valence-electron chi connectivity index (χ4n) is 1.39. The first-order valence-electron chi connectivity index (χ1n) is 4.23. The molecule has 0 unspecified atom stereocenters. The van der Waals surface area contributed by atoms with Crippen molar-refractivity contribution in [2.24, 2.45) is 0 Å². The van der Waals surface area contributed by atoms with Crippen molar-refractivity contribution in [2.45, 2.75) is 0 Å². The summed E-state index contributed by atoms with van der Waals surface area (Å²) in [4.78, 5) is 10.7. The van der Waals surface area contributed by atoms with Gasteiger partial charge >= 0.3 is 5.97 Å². The number of carboxylic acids is 1. The third kappa shape index (κ3) is 1.38. The van der Waals surface area contributed by atoms with E-state index in [4.69, 9.17) is 20.0 Å². The maximum atomic E-state index is 10.7. The summed E-state index contributed by atoms with van der Waals surface area (Å²) in [5.41, 5.74) is 6.38. The first-order chi connectivity index (χ1) is 7.13. The normalized spacial score (nSPS) is 10.5. The number of fused-ring (bicyclic) bond motifs is 1. The van der Waals surface area contributed by atoms with Gasteiger partial charge in [-0.05, 0) is 18.2 Å². The number of carboxylic acid groups (broad SMARTS) is 1. The lowest BCUT2D eigenvalue weighted by Crippen LogP contribution is -1.92. The van der Waals surface area contributed by atoms with Gasteiger partial charge in [-0.3, -0.25) is 0 Å². The minimum atomic E-state index is -1.12. The lowest BCUT2D eigenvalue weighted by molar-refractivity contribution is 0.0665. The molecule has 2 aromatic rings. The van der Waals surface area contributed by atoms with E-state index < -0.39 is 5.97 Å². The van der Waals surface area contributed by atoms with E-state index in [9.17, 15) is 4.79 Å². The van der Waals surface area contributed by atoms with Gasteiger partial charge in [0.05, 0.1) is 7.11 Å². The fourth-order valence-corrected chi connectivity index (χ4v) is 1.39. The molecule has 0 spiro atoms. The molecule has 0 amide bonds. The SMILES string of the molecule is COc1ccc2cc(C(=O)O)oc2c1N. The van der Waals surface area contributed by atoms with E-state index in [0.717, 1.165) is 0 Å². The third-order valence-corrected chi connectivity index (χ3v) is 2.12. The van der Waals surface area contributed by atoms with Crippen molar-refractivity contribution >= 4 is 22.6 Å². The van der Waals surface area contributed by atoms with Crippen molar-refractivity contribution in [2.75, 3.05) is 12.8 Å². The minimum absolute atomic E-state index is 0.134.